The van der Waals surface area contributed by atoms with Gasteiger partial charge in [0, 0.05) is 26.3 Å². The third-order valence-electron chi connectivity index (χ3n) is 2.87. The maximum atomic E-state index is 11.7. The third-order valence-corrected chi connectivity index (χ3v) is 2.87. The number of hydrogen-bond acceptors (Lipinski definition) is 3. The van der Waals surface area contributed by atoms with Gasteiger partial charge in [0.1, 0.15) is 5.54 Å². The Morgan fingerprint density at radius 2 is 2.15 bits per heavy atom. The topological polar surface area (TPSA) is 50.4 Å². The summed E-state index contributed by atoms with van der Waals surface area (Å²) in [7, 11) is 0. The summed E-state index contributed by atoms with van der Waals surface area (Å²) >= 11 is 0. The first-order valence-corrected chi connectivity index (χ1v) is 4.95. The summed E-state index contributed by atoms with van der Waals surface area (Å²) in [5.41, 5.74) is -0.325. The Morgan fingerprint density at radius 1 is 1.23 bits per heavy atom. The standard InChI is InChI=1S/C9H16N2O2/c12-8-9(11-5-4-10-8)2-1-6-13-7-3-9/h11H,1-7H2,(H,10,12). The van der Waals surface area contributed by atoms with Crippen LogP contribution in [-0.4, -0.2) is 37.7 Å². The van der Waals surface area contributed by atoms with Crippen molar-refractivity contribution in [3.63, 3.8) is 0 Å². The first-order chi connectivity index (χ1) is 6.33. The smallest absolute Gasteiger partial charge is 0.240 e. The zero-order valence-electron chi connectivity index (χ0n) is 7.77. The molecule has 74 valence electrons. The maximum Gasteiger partial charge on any atom is 0.240 e. The molecule has 2 rings (SSSR count). The summed E-state index contributed by atoms with van der Waals surface area (Å²) in [6, 6.07) is 0. The number of nitrogens with one attached hydrogen (secondary N) is 2. The van der Waals surface area contributed by atoms with Crippen LogP contribution in [0.25, 0.3) is 0 Å². The first-order valence-electron chi connectivity index (χ1n) is 4.95. The van der Waals surface area contributed by atoms with Crippen molar-refractivity contribution in [1.82, 2.24) is 10.6 Å². The Labute approximate surface area is 78.0 Å². The molecule has 2 heterocycles. The summed E-state index contributed by atoms with van der Waals surface area (Å²) in [5, 5.41) is 6.25. The van der Waals surface area contributed by atoms with E-state index in [4.69, 9.17) is 4.74 Å². The van der Waals surface area contributed by atoms with Gasteiger partial charge in [0.2, 0.25) is 5.91 Å². The molecule has 0 aromatic carbocycles. The lowest BCUT2D eigenvalue weighted by Gasteiger charge is -2.35. The molecule has 4 heteroatoms. The number of amides is 1. The molecule has 0 aliphatic carbocycles. The molecule has 2 N–H and O–H groups in total. The highest BCUT2D eigenvalue weighted by Crippen LogP contribution is 2.22. The summed E-state index contributed by atoms with van der Waals surface area (Å²) in [5.74, 6) is 0.157. The van der Waals surface area contributed by atoms with E-state index in [9.17, 15) is 4.79 Å². The molecular weight excluding hydrogens is 168 g/mol. The van der Waals surface area contributed by atoms with Gasteiger partial charge in [0.25, 0.3) is 0 Å². The quantitative estimate of drug-likeness (QED) is 0.541. The maximum absolute atomic E-state index is 11.7. The van der Waals surface area contributed by atoms with E-state index in [1.165, 1.54) is 0 Å². The molecule has 2 aliphatic rings. The van der Waals surface area contributed by atoms with Gasteiger partial charge in [-0.3, -0.25) is 4.79 Å². The van der Waals surface area contributed by atoms with E-state index in [0.717, 1.165) is 39.0 Å². The Morgan fingerprint density at radius 3 is 3.00 bits per heavy atom. The number of carbonyl (C=O) groups is 1. The Balaban J connectivity index is 2.09. The minimum atomic E-state index is -0.325. The second kappa shape index (κ2) is 3.64. The molecule has 1 atom stereocenters. The number of rotatable bonds is 0. The average molecular weight is 184 g/mol. The molecule has 0 aromatic heterocycles. The number of piperazine rings is 1. The fourth-order valence-electron chi connectivity index (χ4n) is 2.08. The minimum Gasteiger partial charge on any atom is -0.381 e. The monoisotopic (exact) mass is 184 g/mol. The molecule has 1 spiro atoms. The van der Waals surface area contributed by atoms with Crippen LogP contribution in [-0.2, 0) is 9.53 Å². The third kappa shape index (κ3) is 1.69. The highest BCUT2D eigenvalue weighted by molar-refractivity contribution is 5.87. The van der Waals surface area contributed by atoms with Gasteiger partial charge >= 0.3 is 0 Å². The second-order valence-electron chi connectivity index (χ2n) is 3.73. The van der Waals surface area contributed by atoms with E-state index < -0.39 is 0 Å². The Kier molecular flexibility index (Phi) is 2.51. The van der Waals surface area contributed by atoms with Crippen molar-refractivity contribution in [1.29, 1.82) is 0 Å². The van der Waals surface area contributed by atoms with Crippen LogP contribution < -0.4 is 10.6 Å². The normalized spacial score (nSPS) is 35.5. The van der Waals surface area contributed by atoms with Crippen LogP contribution in [0.5, 0.6) is 0 Å². The summed E-state index contributed by atoms with van der Waals surface area (Å²) in [4.78, 5) is 11.7. The van der Waals surface area contributed by atoms with Crippen molar-refractivity contribution >= 4 is 5.91 Å². The lowest BCUT2D eigenvalue weighted by atomic mass is 9.88. The van der Waals surface area contributed by atoms with Crippen molar-refractivity contribution in [2.24, 2.45) is 0 Å². The largest absolute Gasteiger partial charge is 0.381 e. The van der Waals surface area contributed by atoms with Crippen LogP contribution in [0.1, 0.15) is 19.3 Å². The van der Waals surface area contributed by atoms with Gasteiger partial charge in [-0.05, 0) is 19.3 Å². The van der Waals surface area contributed by atoms with Crippen LogP contribution in [0.4, 0.5) is 0 Å². The van der Waals surface area contributed by atoms with E-state index in [2.05, 4.69) is 10.6 Å². The van der Waals surface area contributed by atoms with Gasteiger partial charge in [-0.15, -0.1) is 0 Å². The van der Waals surface area contributed by atoms with Gasteiger partial charge in [-0.2, -0.15) is 0 Å². The fraction of sp³-hybridized carbons (Fsp3) is 0.889. The van der Waals surface area contributed by atoms with E-state index in [1.54, 1.807) is 0 Å². The molecule has 0 bridgehead atoms. The van der Waals surface area contributed by atoms with Crippen molar-refractivity contribution in [2.75, 3.05) is 26.3 Å². The predicted octanol–water partition coefficient (Wildman–Crippen LogP) is -0.355. The highest BCUT2D eigenvalue weighted by Gasteiger charge is 2.39. The summed E-state index contributed by atoms with van der Waals surface area (Å²) in [6.07, 6.45) is 2.68. The van der Waals surface area contributed by atoms with Crippen molar-refractivity contribution in [3.05, 3.63) is 0 Å². The van der Waals surface area contributed by atoms with Crippen LogP contribution in [0.2, 0.25) is 0 Å². The molecule has 0 saturated carbocycles. The van der Waals surface area contributed by atoms with Gasteiger partial charge in [0.15, 0.2) is 0 Å². The molecule has 0 aromatic rings. The van der Waals surface area contributed by atoms with Crippen molar-refractivity contribution in [2.45, 2.75) is 24.8 Å². The molecule has 1 unspecified atom stereocenters. The zero-order chi connectivity index (χ0) is 9.15. The number of carbonyl (C=O) groups excluding carboxylic acids is 1. The van der Waals surface area contributed by atoms with E-state index in [-0.39, 0.29) is 11.4 Å². The first kappa shape index (κ1) is 8.97. The molecule has 2 saturated heterocycles. The Hall–Kier alpha value is -0.610. The lowest BCUT2D eigenvalue weighted by molar-refractivity contribution is -0.130. The minimum absolute atomic E-state index is 0.157. The predicted molar refractivity (Wildman–Crippen MR) is 48.4 cm³/mol. The van der Waals surface area contributed by atoms with E-state index in [1.807, 2.05) is 0 Å². The van der Waals surface area contributed by atoms with Crippen molar-refractivity contribution < 1.29 is 9.53 Å². The van der Waals surface area contributed by atoms with E-state index in [0.29, 0.717) is 6.61 Å². The number of ether oxygens (including phenoxy) is 1. The summed E-state index contributed by atoms with van der Waals surface area (Å²) < 4.78 is 5.35. The summed E-state index contributed by atoms with van der Waals surface area (Å²) in [6.45, 7) is 3.12. The van der Waals surface area contributed by atoms with Gasteiger partial charge in [0.05, 0.1) is 0 Å². The highest BCUT2D eigenvalue weighted by atomic mass is 16.5. The van der Waals surface area contributed by atoms with E-state index >= 15 is 0 Å². The molecule has 1 amide bonds. The van der Waals surface area contributed by atoms with Gasteiger partial charge in [-0.25, -0.2) is 0 Å². The number of hydrogen-bond donors (Lipinski definition) is 2. The zero-order valence-corrected chi connectivity index (χ0v) is 7.77. The van der Waals surface area contributed by atoms with Gasteiger partial charge < -0.3 is 15.4 Å². The molecule has 4 nitrogen and oxygen atoms in total. The molecule has 2 fully saturated rings. The SMILES string of the molecule is O=C1NCCNC12CCCOCC2. The molecule has 13 heavy (non-hydrogen) atoms. The second-order valence-corrected chi connectivity index (χ2v) is 3.73. The average Bonchev–Trinajstić information content (AvgIpc) is 2.37. The van der Waals surface area contributed by atoms with Crippen LogP contribution in [0.3, 0.4) is 0 Å². The van der Waals surface area contributed by atoms with Crippen LogP contribution in [0.15, 0.2) is 0 Å². The molecule has 2 aliphatic heterocycles. The fourth-order valence-corrected chi connectivity index (χ4v) is 2.08. The van der Waals surface area contributed by atoms with Crippen molar-refractivity contribution in [3.8, 4) is 0 Å². The lowest BCUT2D eigenvalue weighted by Crippen LogP contribution is -2.63. The van der Waals surface area contributed by atoms with Crippen LogP contribution >= 0.6 is 0 Å². The molecular formula is C9H16N2O2. The Bertz CT molecular complexity index is 198. The van der Waals surface area contributed by atoms with Gasteiger partial charge in [-0.1, -0.05) is 0 Å². The molecule has 0 radical (unpaired) electrons. The van der Waals surface area contributed by atoms with Crippen LogP contribution in [0, 0.1) is 0 Å².